The predicted molar refractivity (Wildman–Crippen MR) is 116 cm³/mol. The third kappa shape index (κ3) is 5.26. The molecule has 1 saturated heterocycles. The number of nitrogens with zero attached hydrogens (tertiary/aromatic N) is 3. The fourth-order valence-electron chi connectivity index (χ4n) is 3.67. The van der Waals surface area contributed by atoms with Gasteiger partial charge in [-0.1, -0.05) is 29.8 Å². The molecule has 28 heavy (non-hydrogen) atoms. The minimum atomic E-state index is 0.289. The van der Waals surface area contributed by atoms with E-state index in [9.17, 15) is 5.11 Å². The first-order chi connectivity index (χ1) is 13.6. The topological polar surface area (TPSA) is 43.5 Å². The third-order valence-electron chi connectivity index (χ3n) is 5.52. The second kappa shape index (κ2) is 9.60. The molecule has 0 bridgehead atoms. The number of benzene rings is 2. The first kappa shape index (κ1) is 20.2. The van der Waals surface area contributed by atoms with E-state index in [1.165, 1.54) is 11.1 Å². The van der Waals surface area contributed by atoms with Crippen LogP contribution in [0, 0.1) is 6.92 Å². The number of phenols is 1. The standard InChI is InChI=1S/C23H32N4O/c1-4-26(5-2)22-11-10-21(23(28)16-22)17-24-27-14-12-25(13-15-27)18-20-8-6-19(3)7-9-20/h6-11,16-17,28H,4-5,12-15,18H2,1-3H3/p+1/b24-17+. The number of hydrogen-bond acceptors (Lipinski definition) is 4. The summed E-state index contributed by atoms with van der Waals surface area (Å²) in [5.41, 5.74) is 4.53. The quantitative estimate of drug-likeness (QED) is 0.723. The van der Waals surface area contributed by atoms with Gasteiger partial charge in [0.1, 0.15) is 12.3 Å². The first-order valence-electron chi connectivity index (χ1n) is 10.3. The van der Waals surface area contributed by atoms with Gasteiger partial charge in [-0.05, 0) is 32.9 Å². The number of hydrazone groups is 1. The highest BCUT2D eigenvalue weighted by molar-refractivity contribution is 5.84. The number of hydrogen-bond donors (Lipinski definition) is 2. The molecule has 5 nitrogen and oxygen atoms in total. The van der Waals surface area contributed by atoms with Gasteiger partial charge in [-0.2, -0.15) is 5.10 Å². The van der Waals surface area contributed by atoms with Crippen molar-refractivity contribution in [2.45, 2.75) is 27.3 Å². The van der Waals surface area contributed by atoms with Gasteiger partial charge in [0.05, 0.1) is 32.4 Å². The Hall–Kier alpha value is -2.53. The van der Waals surface area contributed by atoms with Crippen molar-refractivity contribution in [1.82, 2.24) is 5.01 Å². The lowest BCUT2D eigenvalue weighted by atomic mass is 10.1. The molecule has 2 N–H and O–H groups in total. The highest BCUT2D eigenvalue weighted by atomic mass is 16.3. The van der Waals surface area contributed by atoms with Gasteiger partial charge < -0.3 is 14.9 Å². The molecular weight excluding hydrogens is 348 g/mol. The average Bonchev–Trinajstić information content (AvgIpc) is 2.71. The molecule has 0 amide bonds. The van der Waals surface area contributed by atoms with E-state index in [2.05, 4.69) is 66.1 Å². The van der Waals surface area contributed by atoms with Crippen LogP contribution >= 0.6 is 0 Å². The van der Waals surface area contributed by atoms with Crippen LogP contribution in [0.15, 0.2) is 47.6 Å². The SMILES string of the molecule is CCN(CC)c1ccc(/C=N/N2CC[NH+](Cc3ccc(C)cc3)CC2)c(O)c1. The second-order valence-corrected chi connectivity index (χ2v) is 7.53. The number of anilines is 1. The van der Waals surface area contributed by atoms with E-state index in [0.29, 0.717) is 0 Å². The Kier molecular flexibility index (Phi) is 6.93. The normalized spacial score (nSPS) is 15.3. The summed E-state index contributed by atoms with van der Waals surface area (Å²) in [6, 6.07) is 14.7. The molecule has 3 rings (SSSR count). The van der Waals surface area contributed by atoms with Crippen molar-refractivity contribution in [3.05, 3.63) is 59.2 Å². The monoisotopic (exact) mass is 381 g/mol. The van der Waals surface area contributed by atoms with Crippen molar-refractivity contribution in [2.24, 2.45) is 5.10 Å². The molecule has 0 radical (unpaired) electrons. The molecule has 0 aliphatic carbocycles. The lowest BCUT2D eigenvalue weighted by Gasteiger charge is -2.30. The van der Waals surface area contributed by atoms with Crippen LogP contribution in [0.2, 0.25) is 0 Å². The molecule has 2 aromatic carbocycles. The summed E-state index contributed by atoms with van der Waals surface area (Å²) < 4.78 is 0. The van der Waals surface area contributed by atoms with Crippen LogP contribution in [-0.4, -0.2) is 55.6 Å². The van der Waals surface area contributed by atoms with Gasteiger partial charge in [-0.15, -0.1) is 0 Å². The van der Waals surface area contributed by atoms with E-state index in [1.54, 1.807) is 11.1 Å². The number of rotatable bonds is 7. The van der Waals surface area contributed by atoms with E-state index in [4.69, 9.17) is 0 Å². The van der Waals surface area contributed by atoms with Gasteiger partial charge >= 0.3 is 0 Å². The molecule has 2 aromatic rings. The van der Waals surface area contributed by atoms with E-state index in [0.717, 1.165) is 57.1 Å². The fraction of sp³-hybridized carbons (Fsp3) is 0.435. The van der Waals surface area contributed by atoms with E-state index in [1.807, 2.05) is 12.1 Å². The first-order valence-corrected chi connectivity index (χ1v) is 10.3. The maximum Gasteiger partial charge on any atom is 0.126 e. The summed E-state index contributed by atoms with van der Waals surface area (Å²) in [6.07, 6.45) is 1.78. The Labute approximate surface area is 168 Å². The van der Waals surface area contributed by atoms with Crippen LogP contribution in [0.5, 0.6) is 5.75 Å². The van der Waals surface area contributed by atoms with Crippen LogP contribution in [0.25, 0.3) is 0 Å². The maximum atomic E-state index is 10.3. The fourth-order valence-corrected chi connectivity index (χ4v) is 3.67. The summed E-state index contributed by atoms with van der Waals surface area (Å²) in [7, 11) is 0. The molecule has 5 heteroatoms. The van der Waals surface area contributed by atoms with Crippen molar-refractivity contribution >= 4 is 11.9 Å². The largest absolute Gasteiger partial charge is 0.507 e. The van der Waals surface area contributed by atoms with E-state index >= 15 is 0 Å². The van der Waals surface area contributed by atoms with Crippen molar-refractivity contribution in [3.63, 3.8) is 0 Å². The Morgan fingerprint density at radius 3 is 2.36 bits per heavy atom. The van der Waals surface area contributed by atoms with Gasteiger partial charge in [-0.3, -0.25) is 5.01 Å². The van der Waals surface area contributed by atoms with Crippen LogP contribution in [-0.2, 0) is 6.54 Å². The molecular formula is C23H33N4O+. The number of aromatic hydroxyl groups is 1. The zero-order valence-corrected chi connectivity index (χ0v) is 17.4. The highest BCUT2D eigenvalue weighted by Crippen LogP contribution is 2.23. The minimum Gasteiger partial charge on any atom is -0.507 e. The minimum absolute atomic E-state index is 0.289. The number of phenolic OH excluding ortho intramolecular Hbond substituents is 1. The zero-order chi connectivity index (χ0) is 19.9. The van der Waals surface area contributed by atoms with Crippen molar-refractivity contribution in [3.8, 4) is 5.75 Å². The molecule has 150 valence electrons. The van der Waals surface area contributed by atoms with Gasteiger partial charge in [0.15, 0.2) is 0 Å². The smallest absolute Gasteiger partial charge is 0.126 e. The zero-order valence-electron chi connectivity index (χ0n) is 17.4. The second-order valence-electron chi connectivity index (χ2n) is 7.53. The van der Waals surface area contributed by atoms with Crippen LogP contribution in [0.1, 0.15) is 30.5 Å². The molecule has 0 aromatic heterocycles. The Morgan fingerprint density at radius 1 is 1.07 bits per heavy atom. The summed E-state index contributed by atoms with van der Waals surface area (Å²) in [6.45, 7) is 13.3. The molecule has 1 heterocycles. The molecule has 1 fully saturated rings. The molecule has 0 unspecified atom stereocenters. The highest BCUT2D eigenvalue weighted by Gasteiger charge is 2.18. The summed E-state index contributed by atoms with van der Waals surface area (Å²) in [5.74, 6) is 0.289. The van der Waals surface area contributed by atoms with Crippen LogP contribution in [0.3, 0.4) is 0 Å². The Morgan fingerprint density at radius 2 is 1.75 bits per heavy atom. The lowest BCUT2D eigenvalue weighted by molar-refractivity contribution is -0.918. The van der Waals surface area contributed by atoms with Crippen molar-refractivity contribution in [2.75, 3.05) is 44.2 Å². The number of quaternary nitrogens is 1. The average molecular weight is 382 g/mol. The maximum absolute atomic E-state index is 10.3. The van der Waals surface area contributed by atoms with Gasteiger partial charge in [0.2, 0.25) is 0 Å². The van der Waals surface area contributed by atoms with Crippen LogP contribution < -0.4 is 9.80 Å². The predicted octanol–water partition coefficient (Wildman–Crippen LogP) is 2.28. The molecule has 0 spiro atoms. The Balaban J connectivity index is 1.52. The number of aryl methyl sites for hydroxylation is 1. The van der Waals surface area contributed by atoms with Gasteiger partial charge in [0.25, 0.3) is 0 Å². The number of nitrogens with one attached hydrogen (secondary N) is 1. The lowest BCUT2D eigenvalue weighted by Crippen LogP contribution is -3.13. The molecule has 0 atom stereocenters. The summed E-state index contributed by atoms with van der Waals surface area (Å²) >= 11 is 0. The van der Waals surface area contributed by atoms with E-state index < -0.39 is 0 Å². The van der Waals surface area contributed by atoms with Crippen molar-refractivity contribution in [1.29, 1.82) is 0 Å². The van der Waals surface area contributed by atoms with E-state index in [-0.39, 0.29) is 5.75 Å². The molecule has 0 saturated carbocycles. The van der Waals surface area contributed by atoms with Gasteiger partial charge in [0, 0.05) is 36.0 Å². The summed E-state index contributed by atoms with van der Waals surface area (Å²) in [4.78, 5) is 3.82. The van der Waals surface area contributed by atoms with Gasteiger partial charge in [-0.25, -0.2) is 0 Å². The molecule has 1 aliphatic rings. The number of piperazine rings is 1. The Bertz CT molecular complexity index is 776. The van der Waals surface area contributed by atoms with Crippen LogP contribution in [0.4, 0.5) is 5.69 Å². The molecule has 1 aliphatic heterocycles. The summed E-state index contributed by atoms with van der Waals surface area (Å²) in [5, 5.41) is 17.1. The third-order valence-corrected chi connectivity index (χ3v) is 5.52. The van der Waals surface area contributed by atoms with Crippen molar-refractivity contribution < 1.29 is 10.0 Å².